The fourth-order valence-electron chi connectivity index (χ4n) is 1.91. The number of ether oxygens (including phenoxy) is 2. The van der Waals surface area contributed by atoms with Crippen LogP contribution in [0.4, 0.5) is 0 Å². The summed E-state index contributed by atoms with van der Waals surface area (Å²) >= 11 is 0. The van der Waals surface area contributed by atoms with Crippen molar-refractivity contribution in [2.24, 2.45) is 0 Å². The molecule has 0 aromatic heterocycles. The van der Waals surface area contributed by atoms with Crippen molar-refractivity contribution in [3.05, 3.63) is 35.9 Å². The van der Waals surface area contributed by atoms with Crippen LogP contribution in [0, 0.1) is 0 Å². The Labute approximate surface area is 112 Å². The van der Waals surface area contributed by atoms with E-state index in [-0.39, 0.29) is 11.9 Å². The molecule has 1 unspecified atom stereocenters. The molecule has 2 rings (SSSR count). The third-order valence-electron chi connectivity index (χ3n) is 2.93. The van der Waals surface area contributed by atoms with Gasteiger partial charge in [0, 0.05) is 12.6 Å². The van der Waals surface area contributed by atoms with Crippen LogP contribution in [0.1, 0.15) is 24.2 Å². The van der Waals surface area contributed by atoms with Gasteiger partial charge in [-0.3, -0.25) is 4.79 Å². The van der Waals surface area contributed by atoms with E-state index in [2.05, 4.69) is 0 Å². The predicted molar refractivity (Wildman–Crippen MR) is 68.4 cm³/mol. The van der Waals surface area contributed by atoms with Crippen LogP contribution >= 0.6 is 0 Å². The van der Waals surface area contributed by atoms with E-state index in [1.165, 1.54) is 0 Å². The molecule has 19 heavy (non-hydrogen) atoms. The first kappa shape index (κ1) is 13.5. The van der Waals surface area contributed by atoms with Crippen LogP contribution in [-0.2, 0) is 14.3 Å². The van der Waals surface area contributed by atoms with Crippen LogP contribution in [0.25, 0.3) is 0 Å². The molecule has 1 aliphatic heterocycles. The Hall–Kier alpha value is -1.88. The predicted octanol–water partition coefficient (Wildman–Crippen LogP) is 1.44. The number of hydrogen-bond acceptors (Lipinski definition) is 4. The molecular weight excluding hydrogens is 246 g/mol. The van der Waals surface area contributed by atoms with E-state index >= 15 is 0 Å². The summed E-state index contributed by atoms with van der Waals surface area (Å²) in [4.78, 5) is 25.6. The van der Waals surface area contributed by atoms with Gasteiger partial charge < -0.3 is 14.4 Å². The Kier molecular flexibility index (Phi) is 4.16. The van der Waals surface area contributed by atoms with Crippen molar-refractivity contribution in [1.82, 2.24) is 4.90 Å². The molecular formula is C14H17NO4. The molecule has 0 N–H and O–H groups in total. The first-order valence-corrected chi connectivity index (χ1v) is 6.27. The van der Waals surface area contributed by atoms with Crippen molar-refractivity contribution in [2.75, 3.05) is 13.2 Å². The van der Waals surface area contributed by atoms with Gasteiger partial charge in [-0.1, -0.05) is 18.2 Å². The Morgan fingerprint density at radius 2 is 2.05 bits per heavy atom. The first-order chi connectivity index (χ1) is 9.09. The summed E-state index contributed by atoms with van der Waals surface area (Å²) in [5.41, 5.74) is 0.403. The van der Waals surface area contributed by atoms with Crippen LogP contribution < -0.4 is 0 Å². The van der Waals surface area contributed by atoms with Gasteiger partial charge in [-0.25, -0.2) is 4.79 Å². The minimum absolute atomic E-state index is 0.0642. The lowest BCUT2D eigenvalue weighted by atomic mass is 10.2. The minimum Gasteiger partial charge on any atom is -0.422 e. The molecule has 1 heterocycles. The summed E-state index contributed by atoms with van der Waals surface area (Å²) in [6.45, 7) is 4.73. The maximum Gasteiger partial charge on any atom is 0.340 e. The standard InChI is InChI=1S/C14H17NO4/c1-10(2)15-8-9-18-14(12(15)16)19-13(17)11-6-4-3-5-7-11/h3-7,10,14H,8-9H2,1-2H3. The highest BCUT2D eigenvalue weighted by molar-refractivity contribution is 5.92. The topological polar surface area (TPSA) is 55.8 Å². The molecule has 0 saturated carbocycles. The first-order valence-electron chi connectivity index (χ1n) is 6.27. The van der Waals surface area contributed by atoms with Gasteiger partial charge in [-0.2, -0.15) is 0 Å². The van der Waals surface area contributed by atoms with E-state index in [1.807, 2.05) is 13.8 Å². The van der Waals surface area contributed by atoms with Crippen LogP contribution in [0.3, 0.4) is 0 Å². The zero-order valence-electron chi connectivity index (χ0n) is 11.0. The lowest BCUT2D eigenvalue weighted by molar-refractivity contribution is -0.186. The van der Waals surface area contributed by atoms with Crippen molar-refractivity contribution < 1.29 is 19.1 Å². The number of amides is 1. The summed E-state index contributed by atoms with van der Waals surface area (Å²) < 4.78 is 10.3. The second kappa shape index (κ2) is 5.84. The van der Waals surface area contributed by atoms with E-state index in [9.17, 15) is 9.59 Å². The smallest absolute Gasteiger partial charge is 0.340 e. The number of rotatable bonds is 3. The molecule has 0 radical (unpaired) electrons. The van der Waals surface area contributed by atoms with Crippen molar-refractivity contribution in [3.63, 3.8) is 0 Å². The van der Waals surface area contributed by atoms with Crippen LogP contribution in [-0.4, -0.2) is 42.3 Å². The van der Waals surface area contributed by atoms with Gasteiger partial charge >= 0.3 is 5.97 Å². The molecule has 5 nitrogen and oxygen atoms in total. The van der Waals surface area contributed by atoms with Gasteiger partial charge in [0.05, 0.1) is 12.2 Å². The third-order valence-corrected chi connectivity index (χ3v) is 2.93. The quantitative estimate of drug-likeness (QED) is 0.774. The second-order valence-electron chi connectivity index (χ2n) is 4.60. The molecule has 1 atom stereocenters. The van der Waals surface area contributed by atoms with Gasteiger partial charge in [0.15, 0.2) is 0 Å². The van der Waals surface area contributed by atoms with Gasteiger partial charge in [-0.05, 0) is 26.0 Å². The van der Waals surface area contributed by atoms with Crippen molar-refractivity contribution in [1.29, 1.82) is 0 Å². The highest BCUT2D eigenvalue weighted by atomic mass is 16.7. The van der Waals surface area contributed by atoms with Crippen LogP contribution in [0.5, 0.6) is 0 Å². The second-order valence-corrected chi connectivity index (χ2v) is 4.60. The number of carbonyl (C=O) groups excluding carboxylic acids is 2. The van der Waals surface area contributed by atoms with E-state index < -0.39 is 12.3 Å². The number of nitrogens with zero attached hydrogens (tertiary/aromatic N) is 1. The normalized spacial score (nSPS) is 19.6. The van der Waals surface area contributed by atoms with Gasteiger partial charge in [-0.15, -0.1) is 0 Å². The zero-order chi connectivity index (χ0) is 13.8. The zero-order valence-corrected chi connectivity index (χ0v) is 11.0. The Morgan fingerprint density at radius 1 is 1.37 bits per heavy atom. The average molecular weight is 263 g/mol. The highest BCUT2D eigenvalue weighted by Gasteiger charge is 2.34. The molecule has 0 aliphatic carbocycles. The summed E-state index contributed by atoms with van der Waals surface area (Å²) in [5, 5.41) is 0. The number of hydrogen-bond donors (Lipinski definition) is 0. The molecule has 1 amide bonds. The Morgan fingerprint density at radius 3 is 2.68 bits per heavy atom. The minimum atomic E-state index is -1.14. The lowest BCUT2D eigenvalue weighted by Crippen LogP contribution is -2.52. The van der Waals surface area contributed by atoms with Crippen LogP contribution in [0.15, 0.2) is 30.3 Å². The molecule has 0 spiro atoms. The fraction of sp³-hybridized carbons (Fsp3) is 0.429. The maximum absolute atomic E-state index is 12.1. The number of carbonyl (C=O) groups is 2. The van der Waals surface area contributed by atoms with Gasteiger partial charge in [0.2, 0.25) is 0 Å². The maximum atomic E-state index is 12.1. The molecule has 5 heteroatoms. The summed E-state index contributed by atoms with van der Waals surface area (Å²) in [6.07, 6.45) is -1.14. The van der Waals surface area contributed by atoms with E-state index in [0.29, 0.717) is 18.7 Å². The lowest BCUT2D eigenvalue weighted by Gasteiger charge is -2.34. The van der Waals surface area contributed by atoms with E-state index in [1.54, 1.807) is 35.2 Å². The number of esters is 1. The van der Waals surface area contributed by atoms with Crippen molar-refractivity contribution >= 4 is 11.9 Å². The van der Waals surface area contributed by atoms with Crippen molar-refractivity contribution in [3.8, 4) is 0 Å². The highest BCUT2D eigenvalue weighted by Crippen LogP contribution is 2.13. The molecule has 0 bridgehead atoms. The third kappa shape index (κ3) is 3.12. The molecule has 1 aromatic rings. The molecule has 1 aliphatic rings. The molecule has 102 valence electrons. The summed E-state index contributed by atoms with van der Waals surface area (Å²) in [6, 6.07) is 8.61. The monoisotopic (exact) mass is 263 g/mol. The van der Waals surface area contributed by atoms with E-state index in [4.69, 9.17) is 9.47 Å². The molecule has 1 saturated heterocycles. The van der Waals surface area contributed by atoms with Gasteiger partial charge in [0.25, 0.3) is 12.2 Å². The Bertz CT molecular complexity index is 458. The summed E-state index contributed by atoms with van der Waals surface area (Å²) in [5.74, 6) is -0.852. The fourth-order valence-corrected chi connectivity index (χ4v) is 1.91. The van der Waals surface area contributed by atoms with Gasteiger partial charge in [0.1, 0.15) is 0 Å². The van der Waals surface area contributed by atoms with Crippen LogP contribution in [0.2, 0.25) is 0 Å². The molecule has 1 fully saturated rings. The largest absolute Gasteiger partial charge is 0.422 e. The van der Waals surface area contributed by atoms with Crippen molar-refractivity contribution in [2.45, 2.75) is 26.2 Å². The van der Waals surface area contributed by atoms with E-state index in [0.717, 1.165) is 0 Å². The molecule has 1 aromatic carbocycles. The number of morpholine rings is 1. The average Bonchev–Trinajstić information content (AvgIpc) is 2.41. The SMILES string of the molecule is CC(C)N1CCOC(OC(=O)c2ccccc2)C1=O. The number of benzene rings is 1. The summed E-state index contributed by atoms with van der Waals surface area (Å²) in [7, 11) is 0. The Balaban J connectivity index is 2.03.